The van der Waals surface area contributed by atoms with Crippen LogP contribution in [-0.2, 0) is 4.79 Å². The SMILES string of the molecule is CC(NCC1CSCCS1)C(=O)N1CCCC1. The largest absolute Gasteiger partial charge is 0.341 e. The number of nitrogens with one attached hydrogen (secondary N) is 1. The summed E-state index contributed by atoms with van der Waals surface area (Å²) in [6.45, 7) is 4.89. The fourth-order valence-corrected chi connectivity index (χ4v) is 4.89. The summed E-state index contributed by atoms with van der Waals surface area (Å²) >= 11 is 4.07. The lowest BCUT2D eigenvalue weighted by Gasteiger charge is -2.25. The van der Waals surface area contributed by atoms with E-state index < -0.39 is 0 Å². The molecule has 2 heterocycles. The molecule has 2 rings (SSSR count). The molecular formula is C12H22N2OS2. The first-order valence-electron chi connectivity index (χ1n) is 6.49. The van der Waals surface area contributed by atoms with Crippen molar-refractivity contribution in [3.05, 3.63) is 0 Å². The Kier molecular flexibility index (Phi) is 5.50. The molecular weight excluding hydrogens is 252 g/mol. The fourth-order valence-electron chi connectivity index (χ4n) is 2.26. The highest BCUT2D eigenvalue weighted by atomic mass is 32.2. The molecule has 2 unspecified atom stereocenters. The summed E-state index contributed by atoms with van der Waals surface area (Å²) in [5.41, 5.74) is 0. The van der Waals surface area contributed by atoms with E-state index in [1.165, 1.54) is 30.1 Å². The molecule has 0 bridgehead atoms. The zero-order valence-electron chi connectivity index (χ0n) is 10.5. The van der Waals surface area contributed by atoms with E-state index in [2.05, 4.69) is 5.32 Å². The van der Waals surface area contributed by atoms with Gasteiger partial charge < -0.3 is 10.2 Å². The third kappa shape index (κ3) is 4.07. The average Bonchev–Trinajstić information content (AvgIpc) is 2.90. The first-order valence-corrected chi connectivity index (χ1v) is 8.69. The van der Waals surface area contributed by atoms with Crippen molar-refractivity contribution < 1.29 is 4.79 Å². The molecule has 0 aromatic carbocycles. The fraction of sp³-hybridized carbons (Fsp3) is 0.917. The van der Waals surface area contributed by atoms with Crippen LogP contribution >= 0.6 is 23.5 Å². The Labute approximate surface area is 112 Å². The highest BCUT2D eigenvalue weighted by molar-refractivity contribution is 8.06. The van der Waals surface area contributed by atoms with Gasteiger partial charge in [0.25, 0.3) is 0 Å². The summed E-state index contributed by atoms with van der Waals surface area (Å²) in [5, 5.41) is 4.09. The number of carbonyl (C=O) groups is 1. The summed E-state index contributed by atoms with van der Waals surface area (Å²) < 4.78 is 0. The third-order valence-corrected chi connectivity index (χ3v) is 6.17. The van der Waals surface area contributed by atoms with Crippen molar-refractivity contribution in [3.8, 4) is 0 Å². The van der Waals surface area contributed by atoms with Crippen LogP contribution in [0.15, 0.2) is 0 Å². The molecule has 0 spiro atoms. The molecule has 2 saturated heterocycles. The second-order valence-electron chi connectivity index (χ2n) is 4.73. The molecule has 0 radical (unpaired) electrons. The van der Waals surface area contributed by atoms with Gasteiger partial charge in [-0.15, -0.1) is 0 Å². The van der Waals surface area contributed by atoms with Crippen LogP contribution in [0.3, 0.4) is 0 Å². The van der Waals surface area contributed by atoms with Crippen molar-refractivity contribution in [1.29, 1.82) is 0 Å². The molecule has 0 aliphatic carbocycles. The van der Waals surface area contributed by atoms with Crippen LogP contribution < -0.4 is 5.32 Å². The number of likely N-dealkylation sites (tertiary alicyclic amines) is 1. The van der Waals surface area contributed by atoms with Crippen molar-refractivity contribution in [2.45, 2.75) is 31.1 Å². The number of hydrogen-bond acceptors (Lipinski definition) is 4. The maximum Gasteiger partial charge on any atom is 0.239 e. The van der Waals surface area contributed by atoms with Crippen molar-refractivity contribution in [3.63, 3.8) is 0 Å². The Morgan fingerprint density at radius 3 is 2.82 bits per heavy atom. The molecule has 3 nitrogen and oxygen atoms in total. The van der Waals surface area contributed by atoms with Crippen molar-refractivity contribution >= 4 is 29.4 Å². The molecule has 0 aromatic heterocycles. The third-order valence-electron chi connectivity index (χ3n) is 3.32. The summed E-state index contributed by atoms with van der Waals surface area (Å²) in [5.74, 6) is 4.05. The van der Waals surface area contributed by atoms with Crippen LogP contribution in [0.25, 0.3) is 0 Å². The van der Waals surface area contributed by atoms with Gasteiger partial charge in [0.1, 0.15) is 0 Å². The first kappa shape index (κ1) is 13.6. The summed E-state index contributed by atoms with van der Waals surface area (Å²) in [6, 6.07) is -0.0133. The van der Waals surface area contributed by atoms with Gasteiger partial charge in [0.15, 0.2) is 0 Å². The quantitative estimate of drug-likeness (QED) is 0.841. The van der Waals surface area contributed by atoms with Crippen LogP contribution in [0.2, 0.25) is 0 Å². The van der Waals surface area contributed by atoms with E-state index in [1.807, 2.05) is 35.3 Å². The number of amides is 1. The average molecular weight is 274 g/mol. The Morgan fingerprint density at radius 2 is 2.18 bits per heavy atom. The Balaban J connectivity index is 1.68. The standard InChI is InChI=1S/C12H22N2OS2/c1-10(12(15)14-4-2-3-5-14)13-8-11-9-16-6-7-17-11/h10-11,13H,2-9H2,1H3. The van der Waals surface area contributed by atoms with Gasteiger partial charge in [-0.05, 0) is 19.8 Å². The lowest BCUT2D eigenvalue weighted by molar-refractivity contribution is -0.131. The van der Waals surface area contributed by atoms with Crippen molar-refractivity contribution in [2.75, 3.05) is 36.9 Å². The van der Waals surface area contributed by atoms with Crippen molar-refractivity contribution in [1.82, 2.24) is 10.2 Å². The first-order chi connectivity index (χ1) is 8.27. The zero-order chi connectivity index (χ0) is 12.1. The van der Waals surface area contributed by atoms with Crippen LogP contribution in [0, 0.1) is 0 Å². The van der Waals surface area contributed by atoms with Gasteiger partial charge in [-0.2, -0.15) is 23.5 Å². The van der Waals surface area contributed by atoms with E-state index in [0.717, 1.165) is 19.6 Å². The van der Waals surface area contributed by atoms with Crippen LogP contribution in [0.1, 0.15) is 19.8 Å². The molecule has 1 amide bonds. The lowest BCUT2D eigenvalue weighted by atomic mass is 10.3. The van der Waals surface area contributed by atoms with Crippen molar-refractivity contribution in [2.24, 2.45) is 0 Å². The van der Waals surface area contributed by atoms with Crippen LogP contribution in [0.4, 0.5) is 0 Å². The Hall–Kier alpha value is 0.130. The minimum atomic E-state index is -0.0133. The smallest absolute Gasteiger partial charge is 0.239 e. The highest BCUT2D eigenvalue weighted by Gasteiger charge is 2.24. The van der Waals surface area contributed by atoms with E-state index in [-0.39, 0.29) is 11.9 Å². The number of rotatable bonds is 4. The monoisotopic (exact) mass is 274 g/mol. The molecule has 0 saturated carbocycles. The highest BCUT2D eigenvalue weighted by Crippen LogP contribution is 2.23. The molecule has 1 N–H and O–H groups in total. The Morgan fingerprint density at radius 1 is 1.41 bits per heavy atom. The lowest BCUT2D eigenvalue weighted by Crippen LogP contribution is -2.46. The molecule has 2 fully saturated rings. The normalized spacial score (nSPS) is 27.1. The van der Waals surface area contributed by atoms with Gasteiger partial charge in [-0.1, -0.05) is 0 Å². The summed E-state index contributed by atoms with van der Waals surface area (Å²) in [7, 11) is 0. The van der Waals surface area contributed by atoms with Gasteiger partial charge >= 0.3 is 0 Å². The second kappa shape index (κ2) is 6.90. The maximum atomic E-state index is 12.1. The van der Waals surface area contributed by atoms with Gasteiger partial charge in [-0.25, -0.2) is 0 Å². The maximum absolute atomic E-state index is 12.1. The summed E-state index contributed by atoms with van der Waals surface area (Å²) in [4.78, 5) is 14.1. The minimum absolute atomic E-state index is 0.0133. The predicted octanol–water partition coefficient (Wildman–Crippen LogP) is 1.44. The van der Waals surface area contributed by atoms with Crippen LogP contribution in [0.5, 0.6) is 0 Å². The molecule has 2 atom stereocenters. The topological polar surface area (TPSA) is 32.3 Å². The number of thioether (sulfide) groups is 2. The molecule has 0 aromatic rings. The minimum Gasteiger partial charge on any atom is -0.341 e. The number of hydrogen-bond donors (Lipinski definition) is 1. The molecule has 98 valence electrons. The zero-order valence-corrected chi connectivity index (χ0v) is 12.1. The van der Waals surface area contributed by atoms with E-state index in [0.29, 0.717) is 5.25 Å². The van der Waals surface area contributed by atoms with E-state index in [9.17, 15) is 4.79 Å². The number of nitrogens with zero attached hydrogens (tertiary/aromatic N) is 1. The molecule has 2 aliphatic rings. The van der Waals surface area contributed by atoms with E-state index >= 15 is 0 Å². The van der Waals surface area contributed by atoms with E-state index in [1.54, 1.807) is 0 Å². The molecule has 5 heteroatoms. The van der Waals surface area contributed by atoms with Gasteiger partial charge in [-0.3, -0.25) is 4.79 Å². The van der Waals surface area contributed by atoms with Crippen LogP contribution in [-0.4, -0.2) is 59.0 Å². The number of carbonyl (C=O) groups excluding carboxylic acids is 1. The van der Waals surface area contributed by atoms with Gasteiger partial charge in [0.2, 0.25) is 5.91 Å². The predicted molar refractivity (Wildman–Crippen MR) is 76.8 cm³/mol. The molecule has 2 aliphatic heterocycles. The van der Waals surface area contributed by atoms with Gasteiger partial charge in [0, 0.05) is 42.1 Å². The Bertz CT molecular complexity index is 251. The second-order valence-corrected chi connectivity index (χ2v) is 7.29. The van der Waals surface area contributed by atoms with E-state index in [4.69, 9.17) is 0 Å². The summed E-state index contributed by atoms with van der Waals surface area (Å²) in [6.07, 6.45) is 2.35. The van der Waals surface area contributed by atoms with Gasteiger partial charge in [0.05, 0.1) is 6.04 Å². The molecule has 17 heavy (non-hydrogen) atoms.